The van der Waals surface area contributed by atoms with E-state index in [-0.39, 0.29) is 31.1 Å². The van der Waals surface area contributed by atoms with Gasteiger partial charge in [-0.05, 0) is 32.8 Å². The average Bonchev–Trinajstić information content (AvgIpc) is 2.96. The fraction of sp³-hybridized carbons (Fsp3) is 0.667. The molecular formula is C21H28N2O6. The topological polar surface area (TPSA) is 96.4 Å². The largest absolute Gasteiger partial charge is 0.461 e. The van der Waals surface area contributed by atoms with Crippen LogP contribution < -0.4 is 0 Å². The maximum absolute atomic E-state index is 13.6. The van der Waals surface area contributed by atoms with E-state index in [4.69, 9.17) is 14.6 Å². The number of esters is 1. The third kappa shape index (κ3) is 3.00. The minimum absolute atomic E-state index is 0.0194. The second-order valence-corrected chi connectivity index (χ2v) is 8.35. The summed E-state index contributed by atoms with van der Waals surface area (Å²) in [6.45, 7) is 4.81. The quantitative estimate of drug-likeness (QED) is 0.401. The number of carbonyl (C=O) groups excluding carboxylic acids is 3. The predicted molar refractivity (Wildman–Crippen MR) is 102 cm³/mol. The van der Waals surface area contributed by atoms with E-state index in [1.54, 1.807) is 22.0 Å². The Morgan fingerprint density at radius 3 is 2.72 bits per heavy atom. The lowest BCUT2D eigenvalue weighted by Gasteiger charge is -2.36. The maximum atomic E-state index is 13.6. The van der Waals surface area contributed by atoms with E-state index in [1.807, 2.05) is 26.0 Å². The Bertz CT molecular complexity index is 762. The Hall–Kier alpha value is -2.19. The van der Waals surface area contributed by atoms with Crippen LogP contribution >= 0.6 is 0 Å². The molecule has 1 N–H and O–H groups in total. The molecule has 0 aliphatic carbocycles. The number of ether oxygens (including phenoxy) is 2. The van der Waals surface area contributed by atoms with Gasteiger partial charge in [0.05, 0.1) is 12.0 Å². The minimum Gasteiger partial charge on any atom is -0.461 e. The fourth-order valence-electron chi connectivity index (χ4n) is 5.08. The van der Waals surface area contributed by atoms with Crippen LogP contribution in [0.15, 0.2) is 24.3 Å². The molecule has 4 heterocycles. The van der Waals surface area contributed by atoms with Gasteiger partial charge in [0.2, 0.25) is 11.8 Å². The van der Waals surface area contributed by atoms with Crippen molar-refractivity contribution in [2.45, 2.75) is 50.5 Å². The van der Waals surface area contributed by atoms with Crippen molar-refractivity contribution in [3.05, 3.63) is 24.3 Å². The zero-order valence-corrected chi connectivity index (χ0v) is 16.8. The van der Waals surface area contributed by atoms with Crippen molar-refractivity contribution in [1.82, 2.24) is 9.80 Å². The standard InChI is InChI=1S/C21H28N2O6/c1-13(2)22-10-6-8-21-16(15-14(29-21)7-5-12-28-20(15)27)18(25)23(9-3-4-11-24)17(21)19(22)26/h5-8,13-17,24H,3-4,9-12H2,1-2H3/t14-,15+,16-,17?,21-/m0/s1. The van der Waals surface area contributed by atoms with Gasteiger partial charge in [0.25, 0.3) is 0 Å². The SMILES string of the molecule is CC(C)N1CC=C[C@]23O[C@H]4C=CCOC(=O)[C@H]4[C@H]2C(=O)N(CCCCO)C3C1=O. The second kappa shape index (κ2) is 7.57. The average molecular weight is 404 g/mol. The summed E-state index contributed by atoms with van der Waals surface area (Å²) in [6.07, 6.45) is 7.69. The van der Waals surface area contributed by atoms with Gasteiger partial charge in [-0.2, -0.15) is 0 Å². The zero-order valence-electron chi connectivity index (χ0n) is 16.8. The van der Waals surface area contributed by atoms with Crippen LogP contribution in [0.3, 0.4) is 0 Å². The number of hydrogen-bond acceptors (Lipinski definition) is 6. The lowest BCUT2D eigenvalue weighted by Crippen LogP contribution is -2.56. The van der Waals surface area contributed by atoms with Crippen LogP contribution in [0.4, 0.5) is 0 Å². The number of hydrogen-bond donors (Lipinski definition) is 1. The first-order valence-corrected chi connectivity index (χ1v) is 10.3. The van der Waals surface area contributed by atoms with E-state index >= 15 is 0 Å². The predicted octanol–water partition coefficient (Wildman–Crippen LogP) is 0.260. The summed E-state index contributed by atoms with van der Waals surface area (Å²) in [7, 11) is 0. The highest BCUT2D eigenvalue weighted by Crippen LogP contribution is 2.53. The Morgan fingerprint density at radius 2 is 2.00 bits per heavy atom. The maximum Gasteiger partial charge on any atom is 0.313 e. The van der Waals surface area contributed by atoms with Crippen LogP contribution in [-0.4, -0.2) is 82.8 Å². The highest BCUT2D eigenvalue weighted by Gasteiger charge is 2.71. The summed E-state index contributed by atoms with van der Waals surface area (Å²) in [5, 5.41) is 9.15. The number of cyclic esters (lactones) is 1. The Labute approximate surface area is 170 Å². The normalized spacial score (nSPS) is 36.1. The van der Waals surface area contributed by atoms with Crippen molar-refractivity contribution in [1.29, 1.82) is 0 Å². The van der Waals surface area contributed by atoms with Gasteiger partial charge in [-0.1, -0.05) is 18.2 Å². The number of amides is 2. The molecule has 1 spiro atoms. The van der Waals surface area contributed by atoms with E-state index in [2.05, 4.69) is 0 Å². The van der Waals surface area contributed by atoms with Crippen molar-refractivity contribution in [3.8, 4) is 0 Å². The first-order chi connectivity index (χ1) is 13.9. The molecule has 4 aliphatic rings. The smallest absolute Gasteiger partial charge is 0.313 e. The number of nitrogens with zero attached hydrogens (tertiary/aromatic N) is 2. The molecule has 4 rings (SSSR count). The summed E-state index contributed by atoms with van der Waals surface area (Å²) < 4.78 is 11.7. The van der Waals surface area contributed by atoms with Crippen LogP contribution in [0.2, 0.25) is 0 Å². The molecule has 5 atom stereocenters. The lowest BCUT2D eigenvalue weighted by molar-refractivity contribution is -0.153. The fourth-order valence-corrected chi connectivity index (χ4v) is 5.08. The summed E-state index contributed by atoms with van der Waals surface area (Å²) in [6, 6.07) is -0.861. The van der Waals surface area contributed by atoms with Gasteiger partial charge >= 0.3 is 5.97 Å². The van der Waals surface area contributed by atoms with Gasteiger partial charge in [-0.25, -0.2) is 0 Å². The van der Waals surface area contributed by atoms with Crippen molar-refractivity contribution in [2.24, 2.45) is 11.8 Å². The molecule has 0 bridgehead atoms. The number of unbranched alkanes of at least 4 members (excludes halogenated alkanes) is 1. The second-order valence-electron chi connectivity index (χ2n) is 8.35. The number of aliphatic hydroxyl groups is 1. The zero-order chi connectivity index (χ0) is 20.8. The molecule has 2 amide bonds. The number of fused-ring (bicyclic) bond motifs is 2. The molecule has 2 fully saturated rings. The van der Waals surface area contributed by atoms with Gasteiger partial charge in [-0.3, -0.25) is 14.4 Å². The van der Waals surface area contributed by atoms with Gasteiger partial charge in [0.15, 0.2) is 0 Å². The first-order valence-electron chi connectivity index (χ1n) is 10.3. The van der Waals surface area contributed by atoms with Gasteiger partial charge in [0, 0.05) is 25.7 Å². The highest BCUT2D eigenvalue weighted by molar-refractivity contribution is 5.99. The van der Waals surface area contributed by atoms with Gasteiger partial charge in [0.1, 0.15) is 24.2 Å². The number of rotatable bonds is 5. The number of aliphatic hydroxyl groups excluding tert-OH is 1. The first kappa shape index (κ1) is 20.1. The molecule has 0 aromatic carbocycles. The lowest BCUT2D eigenvalue weighted by atomic mass is 9.78. The van der Waals surface area contributed by atoms with Crippen LogP contribution in [0, 0.1) is 11.8 Å². The monoisotopic (exact) mass is 404 g/mol. The van der Waals surface area contributed by atoms with Gasteiger partial charge in [-0.15, -0.1) is 0 Å². The highest BCUT2D eigenvalue weighted by atomic mass is 16.6. The molecule has 158 valence electrons. The third-order valence-corrected chi connectivity index (χ3v) is 6.38. The van der Waals surface area contributed by atoms with E-state index in [0.717, 1.165) is 0 Å². The molecule has 1 unspecified atom stereocenters. The van der Waals surface area contributed by atoms with Crippen molar-refractivity contribution in [3.63, 3.8) is 0 Å². The minimum atomic E-state index is -1.19. The van der Waals surface area contributed by atoms with Crippen LogP contribution in [0.25, 0.3) is 0 Å². The number of carbonyl (C=O) groups is 3. The Balaban J connectivity index is 1.79. The molecule has 2 saturated heterocycles. The van der Waals surface area contributed by atoms with Crippen LogP contribution in [-0.2, 0) is 23.9 Å². The summed E-state index contributed by atoms with van der Waals surface area (Å²) in [4.78, 5) is 43.1. The molecule has 0 aromatic rings. The van der Waals surface area contributed by atoms with Crippen molar-refractivity contribution < 1.29 is 29.0 Å². The third-order valence-electron chi connectivity index (χ3n) is 6.38. The van der Waals surface area contributed by atoms with Crippen molar-refractivity contribution in [2.75, 3.05) is 26.3 Å². The summed E-state index contributed by atoms with van der Waals surface area (Å²) in [5.41, 5.74) is -1.19. The number of likely N-dealkylation sites (tertiary alicyclic amines) is 1. The van der Waals surface area contributed by atoms with E-state index in [1.165, 1.54) is 0 Å². The summed E-state index contributed by atoms with van der Waals surface area (Å²) in [5.74, 6) is -2.45. The molecule has 29 heavy (non-hydrogen) atoms. The molecular weight excluding hydrogens is 376 g/mol. The molecule has 0 radical (unpaired) electrons. The van der Waals surface area contributed by atoms with Crippen LogP contribution in [0.1, 0.15) is 26.7 Å². The Morgan fingerprint density at radius 1 is 1.21 bits per heavy atom. The van der Waals surface area contributed by atoms with Crippen molar-refractivity contribution >= 4 is 17.8 Å². The van der Waals surface area contributed by atoms with E-state index < -0.39 is 35.6 Å². The van der Waals surface area contributed by atoms with E-state index in [0.29, 0.717) is 25.9 Å². The Kier molecular flexibility index (Phi) is 5.25. The molecule has 8 heteroatoms. The molecule has 4 aliphatic heterocycles. The molecule has 0 aromatic heterocycles. The summed E-state index contributed by atoms with van der Waals surface area (Å²) >= 11 is 0. The van der Waals surface area contributed by atoms with Crippen LogP contribution in [0.5, 0.6) is 0 Å². The van der Waals surface area contributed by atoms with Gasteiger partial charge < -0.3 is 24.4 Å². The van der Waals surface area contributed by atoms with E-state index in [9.17, 15) is 14.4 Å². The molecule has 8 nitrogen and oxygen atoms in total. The molecule has 0 saturated carbocycles.